The van der Waals surface area contributed by atoms with Gasteiger partial charge in [0.25, 0.3) is 5.91 Å². The highest BCUT2D eigenvalue weighted by Gasteiger charge is 2.14. The summed E-state index contributed by atoms with van der Waals surface area (Å²) < 4.78 is 0. The van der Waals surface area contributed by atoms with Crippen LogP contribution >= 0.6 is 0 Å². The summed E-state index contributed by atoms with van der Waals surface area (Å²) >= 11 is 0. The Balaban J connectivity index is 2.08. The Morgan fingerprint density at radius 3 is 2.60 bits per heavy atom. The lowest BCUT2D eigenvalue weighted by molar-refractivity contribution is 0.102. The number of rotatable bonds is 3. The summed E-state index contributed by atoms with van der Waals surface area (Å²) in [6.07, 6.45) is 0. The van der Waals surface area contributed by atoms with Gasteiger partial charge in [-0.05, 0) is 49.1 Å². The molecule has 5 nitrogen and oxygen atoms in total. The summed E-state index contributed by atoms with van der Waals surface area (Å²) in [4.78, 5) is 12.7. The first-order valence-electron chi connectivity index (χ1n) is 7.85. The van der Waals surface area contributed by atoms with E-state index in [0.717, 1.165) is 16.3 Å². The molecule has 0 saturated heterocycles. The third kappa shape index (κ3) is 3.17. The maximum atomic E-state index is 12.7. The summed E-state index contributed by atoms with van der Waals surface area (Å²) in [7, 11) is 0. The maximum absolute atomic E-state index is 12.7. The van der Waals surface area contributed by atoms with Crippen LogP contribution in [-0.2, 0) is 0 Å². The number of carbonyl (C=O) groups excluding carboxylic acids is 1. The van der Waals surface area contributed by atoms with E-state index < -0.39 is 0 Å². The number of hydrogen-bond donors (Lipinski definition) is 4. The Bertz CT molecular complexity index is 1010. The Hall–Kier alpha value is -3.34. The molecule has 3 rings (SSSR count). The molecule has 0 radical (unpaired) electrons. The molecule has 0 saturated carbocycles. The lowest BCUT2D eigenvalue weighted by Gasteiger charge is -2.13. The highest BCUT2D eigenvalue weighted by Crippen LogP contribution is 2.28. The summed E-state index contributed by atoms with van der Waals surface area (Å²) in [6, 6.07) is 14.2. The van der Waals surface area contributed by atoms with Gasteiger partial charge in [-0.1, -0.05) is 24.3 Å². The number of hydrogen-bond acceptors (Lipinski definition) is 3. The number of amides is 1. The molecule has 3 aromatic carbocycles. The van der Waals surface area contributed by atoms with E-state index in [1.165, 1.54) is 0 Å². The minimum Gasteiger partial charge on any atom is -0.508 e. The van der Waals surface area contributed by atoms with Crippen LogP contribution in [0.1, 0.15) is 27.0 Å². The fraction of sp³-hybridized carbons (Fsp3) is 0.100. The van der Waals surface area contributed by atoms with Gasteiger partial charge in [-0.15, -0.1) is 0 Å². The van der Waals surface area contributed by atoms with Gasteiger partial charge in [-0.25, -0.2) is 0 Å². The molecule has 3 aromatic rings. The van der Waals surface area contributed by atoms with Crippen molar-refractivity contribution >= 4 is 28.2 Å². The number of aromatic hydroxyl groups is 1. The third-order valence-electron chi connectivity index (χ3n) is 4.21. The number of phenolic OH excluding ortho intramolecular Hbond substituents is 1. The fourth-order valence-electron chi connectivity index (χ4n) is 2.84. The lowest BCUT2D eigenvalue weighted by atomic mass is 10.0. The average molecular weight is 333 g/mol. The Morgan fingerprint density at radius 1 is 1.12 bits per heavy atom. The van der Waals surface area contributed by atoms with E-state index in [2.05, 4.69) is 5.32 Å². The summed E-state index contributed by atoms with van der Waals surface area (Å²) in [5.41, 5.74) is 8.77. The number of nitrogens with two attached hydrogens (primary N) is 1. The Labute approximate surface area is 145 Å². The molecule has 0 spiro atoms. The van der Waals surface area contributed by atoms with Gasteiger partial charge >= 0.3 is 0 Å². The Morgan fingerprint density at radius 2 is 1.88 bits per heavy atom. The minimum atomic E-state index is -0.298. The van der Waals surface area contributed by atoms with E-state index in [0.29, 0.717) is 22.4 Å². The molecule has 5 N–H and O–H groups in total. The van der Waals surface area contributed by atoms with Crippen molar-refractivity contribution in [1.29, 1.82) is 5.41 Å². The lowest BCUT2D eigenvalue weighted by Crippen LogP contribution is -2.14. The van der Waals surface area contributed by atoms with Crippen LogP contribution in [0.4, 0.5) is 5.69 Å². The van der Waals surface area contributed by atoms with Gasteiger partial charge in [0.2, 0.25) is 0 Å². The molecule has 0 aliphatic rings. The molecule has 0 aliphatic carbocycles. The molecule has 0 fully saturated rings. The second kappa shape index (κ2) is 6.28. The van der Waals surface area contributed by atoms with Gasteiger partial charge in [0.15, 0.2) is 0 Å². The van der Waals surface area contributed by atoms with Crippen molar-refractivity contribution in [2.75, 3.05) is 5.32 Å². The van der Waals surface area contributed by atoms with Crippen LogP contribution < -0.4 is 11.1 Å². The van der Waals surface area contributed by atoms with Crippen molar-refractivity contribution in [2.24, 2.45) is 5.73 Å². The number of carbonyl (C=O) groups is 1. The smallest absolute Gasteiger partial charge is 0.256 e. The molecule has 1 amide bonds. The zero-order valence-electron chi connectivity index (χ0n) is 14.1. The topological polar surface area (TPSA) is 99.2 Å². The molecule has 0 bridgehead atoms. The standard InChI is InChI=1S/C20H19N3O2/c1-11-8-13-6-7-14(19(21)22)10-16(13)17(9-11)23-20(25)15-4-3-5-18(24)12(15)2/h3-10,24H,1-2H3,(H3,21,22)(H,23,25). The second-order valence-electron chi connectivity index (χ2n) is 6.07. The number of nitrogens with one attached hydrogen (secondary N) is 2. The first kappa shape index (κ1) is 16.5. The van der Waals surface area contributed by atoms with Crippen molar-refractivity contribution < 1.29 is 9.90 Å². The molecule has 0 heterocycles. The van der Waals surface area contributed by atoms with Crippen molar-refractivity contribution in [3.8, 4) is 5.75 Å². The quantitative estimate of drug-likeness (QED) is 0.434. The van der Waals surface area contributed by atoms with E-state index in [4.69, 9.17) is 11.1 Å². The molecule has 0 aliphatic heterocycles. The minimum absolute atomic E-state index is 0.0245. The van der Waals surface area contributed by atoms with Crippen LogP contribution in [0.3, 0.4) is 0 Å². The van der Waals surface area contributed by atoms with Crippen molar-refractivity contribution in [1.82, 2.24) is 0 Å². The molecule has 0 unspecified atom stereocenters. The van der Waals surface area contributed by atoms with Crippen LogP contribution in [0.2, 0.25) is 0 Å². The number of aryl methyl sites for hydroxylation is 1. The molecule has 0 atom stereocenters. The summed E-state index contributed by atoms with van der Waals surface area (Å²) in [6.45, 7) is 3.65. The number of nitrogen functional groups attached to an aromatic ring is 1. The predicted octanol–water partition coefficient (Wildman–Crippen LogP) is 3.70. The van der Waals surface area contributed by atoms with Crippen LogP contribution in [0.5, 0.6) is 5.75 Å². The maximum Gasteiger partial charge on any atom is 0.256 e. The zero-order valence-corrected chi connectivity index (χ0v) is 14.1. The number of fused-ring (bicyclic) bond motifs is 1. The number of anilines is 1. The fourth-order valence-corrected chi connectivity index (χ4v) is 2.84. The highest BCUT2D eigenvalue weighted by molar-refractivity contribution is 6.11. The van der Waals surface area contributed by atoms with Gasteiger partial charge < -0.3 is 16.2 Å². The predicted molar refractivity (Wildman–Crippen MR) is 100 cm³/mol. The van der Waals surface area contributed by atoms with Crippen molar-refractivity contribution in [3.63, 3.8) is 0 Å². The molecule has 0 aromatic heterocycles. The third-order valence-corrected chi connectivity index (χ3v) is 4.21. The van der Waals surface area contributed by atoms with Gasteiger partial charge in [0, 0.05) is 27.8 Å². The highest BCUT2D eigenvalue weighted by atomic mass is 16.3. The van der Waals surface area contributed by atoms with E-state index in [1.54, 1.807) is 37.3 Å². The molecule has 25 heavy (non-hydrogen) atoms. The van der Waals surface area contributed by atoms with Gasteiger partial charge in [0.1, 0.15) is 11.6 Å². The summed E-state index contributed by atoms with van der Waals surface area (Å²) in [5.74, 6) is -0.238. The monoisotopic (exact) mass is 333 g/mol. The zero-order chi connectivity index (χ0) is 18.1. The first-order chi connectivity index (χ1) is 11.9. The molecule has 126 valence electrons. The van der Waals surface area contributed by atoms with E-state index in [9.17, 15) is 9.90 Å². The average Bonchev–Trinajstić information content (AvgIpc) is 2.56. The largest absolute Gasteiger partial charge is 0.508 e. The van der Waals surface area contributed by atoms with Crippen LogP contribution in [0.25, 0.3) is 10.8 Å². The number of amidine groups is 1. The van der Waals surface area contributed by atoms with Crippen LogP contribution in [0.15, 0.2) is 48.5 Å². The first-order valence-corrected chi connectivity index (χ1v) is 7.85. The number of benzene rings is 3. The van der Waals surface area contributed by atoms with E-state index in [-0.39, 0.29) is 17.5 Å². The van der Waals surface area contributed by atoms with Gasteiger partial charge in [-0.3, -0.25) is 10.2 Å². The van der Waals surface area contributed by atoms with E-state index >= 15 is 0 Å². The molecule has 5 heteroatoms. The van der Waals surface area contributed by atoms with Gasteiger partial charge in [0.05, 0.1) is 0 Å². The van der Waals surface area contributed by atoms with Gasteiger partial charge in [-0.2, -0.15) is 0 Å². The van der Waals surface area contributed by atoms with E-state index in [1.807, 2.05) is 25.1 Å². The van der Waals surface area contributed by atoms with Crippen LogP contribution in [0, 0.1) is 19.3 Å². The van der Waals surface area contributed by atoms with Crippen molar-refractivity contribution in [3.05, 3.63) is 70.8 Å². The Kier molecular flexibility index (Phi) is 4.15. The van der Waals surface area contributed by atoms with Crippen LogP contribution in [-0.4, -0.2) is 16.8 Å². The normalized spacial score (nSPS) is 10.6. The molecular weight excluding hydrogens is 314 g/mol. The second-order valence-corrected chi connectivity index (χ2v) is 6.07. The molecular formula is C20H19N3O2. The number of phenols is 1. The SMILES string of the molecule is Cc1cc(NC(=O)c2cccc(O)c2C)c2cc(C(=N)N)ccc2c1. The summed E-state index contributed by atoms with van der Waals surface area (Å²) in [5, 5.41) is 22.1. The van der Waals surface area contributed by atoms with Crippen molar-refractivity contribution in [2.45, 2.75) is 13.8 Å².